The van der Waals surface area contributed by atoms with Crippen LogP contribution in [0.5, 0.6) is 5.75 Å². The van der Waals surface area contributed by atoms with Crippen LogP contribution in [0.25, 0.3) is 0 Å². The standard InChI is InChI=1S/C20H22N2O6S/c1-29(25,26)17-9-7-15(8-10-17)13-21-19(23)18-14-28-20(24)22(18)11-12-27-16-5-3-2-4-6-16/h2-10,18H,11-14H2,1H3,(H,21,23)/t18-/m0/s1. The first-order valence-corrected chi connectivity index (χ1v) is 10.9. The average molecular weight is 418 g/mol. The second kappa shape index (κ2) is 8.95. The Morgan fingerprint density at radius 3 is 2.52 bits per heavy atom. The molecule has 2 amide bonds. The molecule has 0 spiro atoms. The van der Waals surface area contributed by atoms with Gasteiger partial charge in [0.05, 0.1) is 11.4 Å². The van der Waals surface area contributed by atoms with Gasteiger partial charge >= 0.3 is 6.09 Å². The van der Waals surface area contributed by atoms with Crippen molar-refractivity contribution < 1.29 is 27.5 Å². The molecule has 154 valence electrons. The summed E-state index contributed by atoms with van der Waals surface area (Å²) in [5, 5.41) is 2.75. The highest BCUT2D eigenvalue weighted by molar-refractivity contribution is 7.90. The molecule has 0 aliphatic carbocycles. The van der Waals surface area contributed by atoms with Crippen molar-refractivity contribution in [1.29, 1.82) is 0 Å². The molecule has 9 heteroatoms. The second-order valence-electron chi connectivity index (χ2n) is 6.58. The Balaban J connectivity index is 1.52. The molecule has 0 bridgehead atoms. The molecule has 0 radical (unpaired) electrons. The molecule has 1 fully saturated rings. The maximum absolute atomic E-state index is 12.5. The molecular formula is C20H22N2O6S. The van der Waals surface area contributed by atoms with Crippen LogP contribution in [0.1, 0.15) is 5.56 Å². The monoisotopic (exact) mass is 418 g/mol. The Morgan fingerprint density at radius 2 is 1.86 bits per heavy atom. The third-order valence-electron chi connectivity index (χ3n) is 4.44. The number of nitrogens with zero attached hydrogens (tertiary/aromatic N) is 1. The molecule has 8 nitrogen and oxygen atoms in total. The Labute approximate surface area is 169 Å². The molecule has 1 N–H and O–H groups in total. The van der Waals surface area contributed by atoms with E-state index in [4.69, 9.17) is 9.47 Å². The predicted octanol–water partition coefficient (Wildman–Crippen LogP) is 1.61. The Bertz CT molecular complexity index is 960. The number of carbonyl (C=O) groups is 2. The van der Waals surface area contributed by atoms with Gasteiger partial charge in [-0.3, -0.25) is 9.69 Å². The lowest BCUT2D eigenvalue weighted by molar-refractivity contribution is -0.125. The Kier molecular flexibility index (Phi) is 6.38. The van der Waals surface area contributed by atoms with Crippen molar-refractivity contribution in [2.75, 3.05) is 26.0 Å². The summed E-state index contributed by atoms with van der Waals surface area (Å²) >= 11 is 0. The minimum Gasteiger partial charge on any atom is -0.492 e. The molecule has 1 aliphatic rings. The number of cyclic esters (lactones) is 1. The normalized spacial score (nSPS) is 16.4. The number of amides is 2. The van der Waals surface area contributed by atoms with Crippen LogP contribution < -0.4 is 10.1 Å². The summed E-state index contributed by atoms with van der Waals surface area (Å²) in [7, 11) is -3.27. The van der Waals surface area contributed by atoms with Crippen LogP contribution in [0.15, 0.2) is 59.5 Å². The predicted molar refractivity (Wildman–Crippen MR) is 105 cm³/mol. The molecule has 1 atom stereocenters. The summed E-state index contributed by atoms with van der Waals surface area (Å²) < 4.78 is 33.6. The van der Waals surface area contributed by atoms with E-state index in [9.17, 15) is 18.0 Å². The van der Waals surface area contributed by atoms with Crippen molar-refractivity contribution in [3.05, 3.63) is 60.2 Å². The van der Waals surface area contributed by atoms with Gasteiger partial charge in [-0.05, 0) is 29.8 Å². The number of hydrogen-bond donors (Lipinski definition) is 1. The van der Waals surface area contributed by atoms with E-state index < -0.39 is 22.0 Å². The number of ether oxygens (including phenoxy) is 2. The first kappa shape index (κ1) is 20.7. The van der Waals surface area contributed by atoms with Crippen LogP contribution in [0.3, 0.4) is 0 Å². The van der Waals surface area contributed by atoms with Crippen LogP contribution in [0, 0.1) is 0 Å². The lowest BCUT2D eigenvalue weighted by atomic mass is 10.2. The number of nitrogens with one attached hydrogen (secondary N) is 1. The fourth-order valence-corrected chi connectivity index (χ4v) is 3.49. The van der Waals surface area contributed by atoms with Crippen LogP contribution in [0.4, 0.5) is 4.79 Å². The molecule has 29 heavy (non-hydrogen) atoms. The van der Waals surface area contributed by atoms with E-state index in [2.05, 4.69) is 5.32 Å². The topological polar surface area (TPSA) is 102 Å². The van der Waals surface area contributed by atoms with Gasteiger partial charge in [-0.15, -0.1) is 0 Å². The molecule has 0 aromatic heterocycles. The minimum absolute atomic E-state index is 0.0248. The summed E-state index contributed by atoms with van der Waals surface area (Å²) in [6, 6.07) is 14.7. The van der Waals surface area contributed by atoms with Gasteiger partial charge in [0.15, 0.2) is 9.84 Å². The van der Waals surface area contributed by atoms with E-state index in [0.29, 0.717) is 5.75 Å². The maximum Gasteiger partial charge on any atom is 0.410 e. The first-order valence-electron chi connectivity index (χ1n) is 9.02. The van der Waals surface area contributed by atoms with E-state index in [1.54, 1.807) is 12.1 Å². The molecule has 0 saturated carbocycles. The Morgan fingerprint density at radius 1 is 1.17 bits per heavy atom. The minimum atomic E-state index is -3.27. The van der Waals surface area contributed by atoms with Gasteiger partial charge in [0.25, 0.3) is 0 Å². The van der Waals surface area contributed by atoms with Crippen molar-refractivity contribution in [2.45, 2.75) is 17.5 Å². The van der Waals surface area contributed by atoms with Crippen LogP contribution in [-0.2, 0) is 25.9 Å². The maximum atomic E-state index is 12.5. The number of sulfone groups is 1. The molecule has 1 heterocycles. The van der Waals surface area contributed by atoms with Crippen molar-refractivity contribution in [3.8, 4) is 5.75 Å². The summed E-state index contributed by atoms with van der Waals surface area (Å²) in [6.07, 6.45) is 0.580. The molecule has 1 aliphatic heterocycles. The average Bonchev–Trinajstić information content (AvgIpc) is 3.07. The van der Waals surface area contributed by atoms with Crippen LogP contribution >= 0.6 is 0 Å². The quantitative estimate of drug-likeness (QED) is 0.699. The van der Waals surface area contributed by atoms with Gasteiger partial charge in [-0.25, -0.2) is 13.2 Å². The van der Waals surface area contributed by atoms with Gasteiger partial charge in [0.1, 0.15) is 25.0 Å². The number of carbonyl (C=O) groups excluding carboxylic acids is 2. The van der Waals surface area contributed by atoms with E-state index in [-0.39, 0.29) is 37.1 Å². The SMILES string of the molecule is CS(=O)(=O)c1ccc(CNC(=O)[C@@H]2COC(=O)N2CCOc2ccccc2)cc1. The third-order valence-corrected chi connectivity index (χ3v) is 5.57. The zero-order valence-electron chi connectivity index (χ0n) is 15.9. The molecule has 2 aromatic carbocycles. The molecule has 2 aromatic rings. The largest absolute Gasteiger partial charge is 0.492 e. The van der Waals surface area contributed by atoms with E-state index >= 15 is 0 Å². The first-order chi connectivity index (χ1) is 13.8. The number of benzene rings is 2. The number of rotatable bonds is 8. The number of hydrogen-bond acceptors (Lipinski definition) is 6. The van der Waals surface area contributed by atoms with E-state index in [0.717, 1.165) is 11.8 Å². The third kappa shape index (κ3) is 5.47. The zero-order valence-corrected chi connectivity index (χ0v) is 16.7. The van der Waals surface area contributed by atoms with E-state index in [1.807, 2.05) is 30.3 Å². The molecule has 1 saturated heterocycles. The van der Waals surface area contributed by atoms with Gasteiger partial charge in [0.2, 0.25) is 5.91 Å². The van der Waals surface area contributed by atoms with Crippen molar-refractivity contribution in [2.24, 2.45) is 0 Å². The smallest absolute Gasteiger partial charge is 0.410 e. The van der Waals surface area contributed by atoms with Crippen molar-refractivity contribution in [1.82, 2.24) is 10.2 Å². The number of para-hydroxylation sites is 1. The van der Waals surface area contributed by atoms with Gasteiger partial charge < -0.3 is 14.8 Å². The summed E-state index contributed by atoms with van der Waals surface area (Å²) in [5.74, 6) is 0.335. The van der Waals surface area contributed by atoms with Gasteiger partial charge in [0, 0.05) is 12.8 Å². The highest BCUT2D eigenvalue weighted by atomic mass is 32.2. The highest BCUT2D eigenvalue weighted by Gasteiger charge is 2.37. The lowest BCUT2D eigenvalue weighted by Crippen LogP contribution is -2.46. The van der Waals surface area contributed by atoms with Crippen molar-refractivity contribution in [3.63, 3.8) is 0 Å². The zero-order chi connectivity index (χ0) is 20.9. The molecular weight excluding hydrogens is 396 g/mol. The fourth-order valence-electron chi connectivity index (χ4n) is 2.85. The fraction of sp³-hybridized carbons (Fsp3) is 0.300. The molecule has 0 unspecified atom stereocenters. The summed E-state index contributed by atoms with van der Waals surface area (Å²) in [4.78, 5) is 26.0. The van der Waals surface area contributed by atoms with Crippen LogP contribution in [-0.4, -0.2) is 57.4 Å². The lowest BCUT2D eigenvalue weighted by Gasteiger charge is -2.21. The summed E-state index contributed by atoms with van der Waals surface area (Å²) in [5.41, 5.74) is 0.745. The van der Waals surface area contributed by atoms with Crippen molar-refractivity contribution >= 4 is 21.8 Å². The molecule has 3 rings (SSSR count). The second-order valence-corrected chi connectivity index (χ2v) is 8.60. The van der Waals surface area contributed by atoms with Gasteiger partial charge in [-0.2, -0.15) is 0 Å². The van der Waals surface area contributed by atoms with E-state index in [1.165, 1.54) is 17.0 Å². The highest BCUT2D eigenvalue weighted by Crippen LogP contribution is 2.15. The van der Waals surface area contributed by atoms with Crippen LogP contribution in [0.2, 0.25) is 0 Å². The Hall–Kier alpha value is -3.07. The van der Waals surface area contributed by atoms with Gasteiger partial charge in [-0.1, -0.05) is 30.3 Å². The summed E-state index contributed by atoms with van der Waals surface area (Å²) in [6.45, 7) is 0.635.